The first kappa shape index (κ1) is 18.9. The number of rotatable bonds is 4. The second-order valence-electron chi connectivity index (χ2n) is 7.56. The molecule has 0 bridgehead atoms. The highest BCUT2D eigenvalue weighted by atomic mass is 16.5. The Hall–Kier alpha value is -2.88. The average molecular weight is 362 g/mol. The van der Waals surface area contributed by atoms with Gasteiger partial charge in [-0.3, -0.25) is 9.98 Å². The zero-order valence-corrected chi connectivity index (χ0v) is 16.6. The van der Waals surface area contributed by atoms with Crippen molar-refractivity contribution in [2.24, 2.45) is 9.98 Å². The highest BCUT2D eigenvalue weighted by molar-refractivity contribution is 5.89. The molecule has 0 amide bonds. The maximum atomic E-state index is 10.8. The van der Waals surface area contributed by atoms with Crippen LogP contribution in [0.5, 0.6) is 11.5 Å². The number of aliphatic imine (C=N–C) groups is 2. The molecule has 1 aliphatic heterocycles. The number of phenolic OH excluding ortho intramolecular Hbond substituents is 1. The summed E-state index contributed by atoms with van der Waals surface area (Å²) in [5, 5.41) is 10.8. The normalized spacial score (nSPS) is 15.4. The lowest BCUT2D eigenvalue weighted by molar-refractivity contribution is 0.105. The molecule has 0 saturated carbocycles. The molecular formula is C23H26N2O2. The fourth-order valence-electron chi connectivity index (χ4n) is 3.45. The minimum atomic E-state index is -0.505. The first-order valence-electron chi connectivity index (χ1n) is 9.09. The van der Waals surface area contributed by atoms with E-state index in [1.54, 1.807) is 25.4 Å². The van der Waals surface area contributed by atoms with E-state index in [1.165, 1.54) is 5.56 Å². The number of benzene rings is 2. The molecule has 2 aromatic rings. The molecule has 0 saturated heterocycles. The predicted molar refractivity (Wildman–Crippen MR) is 113 cm³/mol. The van der Waals surface area contributed by atoms with E-state index in [2.05, 4.69) is 62.6 Å². The molecule has 0 radical (unpaired) electrons. The third-order valence-electron chi connectivity index (χ3n) is 4.92. The van der Waals surface area contributed by atoms with Crippen LogP contribution in [0.25, 0.3) is 16.8 Å². The number of fused-ring (bicyclic) bond motifs is 3. The lowest BCUT2D eigenvalue weighted by Crippen LogP contribution is -2.29. The molecule has 27 heavy (non-hydrogen) atoms. The molecular weight excluding hydrogens is 336 g/mol. The van der Waals surface area contributed by atoms with Crippen molar-refractivity contribution < 1.29 is 9.84 Å². The van der Waals surface area contributed by atoms with Crippen molar-refractivity contribution in [1.29, 1.82) is 0 Å². The lowest BCUT2D eigenvalue weighted by atomic mass is 9.83. The smallest absolute Gasteiger partial charge is 0.132 e. The van der Waals surface area contributed by atoms with Crippen molar-refractivity contribution in [2.75, 3.05) is 7.05 Å². The molecule has 1 heterocycles. The Morgan fingerprint density at radius 1 is 1.22 bits per heavy atom. The maximum absolute atomic E-state index is 10.8. The summed E-state index contributed by atoms with van der Waals surface area (Å²) in [5.74, 6) is 1.23. The topological polar surface area (TPSA) is 54.2 Å². The summed E-state index contributed by atoms with van der Waals surface area (Å²) in [7, 11) is 1.69. The molecule has 0 fully saturated rings. The van der Waals surface area contributed by atoms with Gasteiger partial charge < -0.3 is 9.84 Å². The number of phenols is 1. The maximum Gasteiger partial charge on any atom is 0.132 e. The Morgan fingerprint density at radius 3 is 2.59 bits per heavy atom. The molecule has 0 unspecified atom stereocenters. The Labute approximate surface area is 161 Å². The zero-order valence-electron chi connectivity index (χ0n) is 16.6. The van der Waals surface area contributed by atoms with Gasteiger partial charge in [0.2, 0.25) is 0 Å². The summed E-state index contributed by atoms with van der Waals surface area (Å²) in [4.78, 5) is 8.00. The summed E-state index contributed by atoms with van der Waals surface area (Å²) in [6.07, 6.45) is 3.40. The number of hydrogen-bond acceptors (Lipinski definition) is 4. The highest BCUT2D eigenvalue weighted by Gasteiger charge is 2.34. The third-order valence-corrected chi connectivity index (χ3v) is 4.92. The highest BCUT2D eigenvalue weighted by Crippen LogP contribution is 2.50. The Kier molecular flexibility index (Phi) is 4.92. The van der Waals surface area contributed by atoms with Gasteiger partial charge in [-0.05, 0) is 55.8 Å². The van der Waals surface area contributed by atoms with Crippen LogP contribution in [0.1, 0.15) is 50.3 Å². The molecule has 1 N–H and O–H groups in total. The molecule has 2 aromatic carbocycles. The van der Waals surface area contributed by atoms with Crippen LogP contribution in [-0.4, -0.2) is 25.1 Å². The van der Waals surface area contributed by atoms with Gasteiger partial charge in [0.15, 0.2) is 0 Å². The van der Waals surface area contributed by atoms with Crippen molar-refractivity contribution in [3.8, 4) is 22.6 Å². The van der Waals surface area contributed by atoms with E-state index in [-0.39, 0.29) is 5.75 Å². The standard InChI is InChI=1S/C23H26N2O2/c1-14(2)15-7-8-17-18(11-15)23(3,4)27-21-13-16(12-20(26)22(17)21)19(25-6)9-10-24-5/h7-14,26H,6H2,1-5H3/b19-9-,24-10?. The van der Waals surface area contributed by atoms with Crippen LogP contribution in [-0.2, 0) is 5.60 Å². The number of nitrogens with zero attached hydrogens (tertiary/aromatic N) is 2. The summed E-state index contributed by atoms with van der Waals surface area (Å²) in [6.45, 7) is 12.1. The van der Waals surface area contributed by atoms with Gasteiger partial charge in [-0.2, -0.15) is 0 Å². The van der Waals surface area contributed by atoms with Gasteiger partial charge in [0.05, 0.1) is 11.3 Å². The fraction of sp³-hybridized carbons (Fsp3) is 0.304. The van der Waals surface area contributed by atoms with Crippen molar-refractivity contribution in [2.45, 2.75) is 39.2 Å². The monoisotopic (exact) mass is 362 g/mol. The first-order valence-corrected chi connectivity index (χ1v) is 9.09. The van der Waals surface area contributed by atoms with E-state index in [0.717, 1.165) is 22.3 Å². The van der Waals surface area contributed by atoms with Crippen molar-refractivity contribution in [3.63, 3.8) is 0 Å². The number of ether oxygens (including phenoxy) is 1. The lowest BCUT2D eigenvalue weighted by Gasteiger charge is -2.36. The van der Waals surface area contributed by atoms with Crippen molar-refractivity contribution >= 4 is 18.6 Å². The molecule has 3 rings (SSSR count). The number of allylic oxidation sites excluding steroid dienone is 1. The van der Waals surface area contributed by atoms with Crippen LogP contribution in [0, 0.1) is 0 Å². The molecule has 4 nitrogen and oxygen atoms in total. The van der Waals surface area contributed by atoms with Crippen molar-refractivity contribution in [3.05, 3.63) is 53.1 Å². The van der Waals surface area contributed by atoms with E-state index in [4.69, 9.17) is 4.74 Å². The molecule has 0 spiro atoms. The fourth-order valence-corrected chi connectivity index (χ4v) is 3.45. The summed E-state index contributed by atoms with van der Waals surface area (Å²) >= 11 is 0. The van der Waals surface area contributed by atoms with Gasteiger partial charge in [0, 0.05) is 24.4 Å². The van der Waals surface area contributed by atoms with E-state index in [0.29, 0.717) is 17.4 Å². The molecule has 0 aromatic heterocycles. The number of aromatic hydroxyl groups is 1. The minimum absolute atomic E-state index is 0.166. The largest absolute Gasteiger partial charge is 0.507 e. The molecule has 0 atom stereocenters. The molecule has 4 heteroatoms. The summed E-state index contributed by atoms with van der Waals surface area (Å²) in [6, 6.07) is 9.99. The average Bonchev–Trinajstić information content (AvgIpc) is 2.61. The van der Waals surface area contributed by atoms with E-state index in [9.17, 15) is 5.11 Å². The Morgan fingerprint density at radius 2 is 1.96 bits per heavy atom. The van der Waals surface area contributed by atoms with Crippen LogP contribution in [0.2, 0.25) is 0 Å². The first-order chi connectivity index (χ1) is 12.8. The van der Waals surface area contributed by atoms with E-state index in [1.807, 2.05) is 6.07 Å². The van der Waals surface area contributed by atoms with Gasteiger partial charge in [0.1, 0.15) is 17.1 Å². The van der Waals surface area contributed by atoms with Gasteiger partial charge >= 0.3 is 0 Å². The van der Waals surface area contributed by atoms with Crippen LogP contribution >= 0.6 is 0 Å². The van der Waals surface area contributed by atoms with Crippen LogP contribution in [0.3, 0.4) is 0 Å². The summed E-state index contributed by atoms with van der Waals surface area (Å²) in [5.41, 5.74) is 4.91. The zero-order chi connectivity index (χ0) is 19.8. The van der Waals surface area contributed by atoms with Crippen molar-refractivity contribution in [1.82, 2.24) is 0 Å². The number of hydrogen-bond donors (Lipinski definition) is 1. The third kappa shape index (κ3) is 3.39. The van der Waals surface area contributed by atoms with Gasteiger partial charge in [-0.15, -0.1) is 0 Å². The minimum Gasteiger partial charge on any atom is -0.507 e. The quantitative estimate of drug-likeness (QED) is 0.725. The van der Waals surface area contributed by atoms with Gasteiger partial charge in [-0.25, -0.2) is 0 Å². The van der Waals surface area contributed by atoms with Gasteiger partial charge in [-0.1, -0.05) is 32.0 Å². The SMILES string of the molecule is C=N/C(=C\C=NC)c1cc(O)c2c(c1)OC(C)(C)c1cc(C(C)C)ccc1-2. The second-order valence-corrected chi connectivity index (χ2v) is 7.56. The predicted octanol–water partition coefficient (Wildman–Crippen LogP) is 5.55. The molecule has 0 aliphatic carbocycles. The molecule has 140 valence electrons. The van der Waals surface area contributed by atoms with E-state index < -0.39 is 5.60 Å². The van der Waals surface area contributed by atoms with E-state index >= 15 is 0 Å². The Bertz CT molecular complexity index is 953. The Balaban J connectivity index is 2.22. The van der Waals surface area contributed by atoms with Crippen LogP contribution < -0.4 is 4.74 Å². The molecule has 1 aliphatic rings. The van der Waals surface area contributed by atoms with Crippen LogP contribution in [0.4, 0.5) is 0 Å². The summed E-state index contributed by atoms with van der Waals surface area (Å²) < 4.78 is 6.32. The second kappa shape index (κ2) is 7.03. The van der Waals surface area contributed by atoms with Crippen LogP contribution in [0.15, 0.2) is 46.4 Å². The van der Waals surface area contributed by atoms with Gasteiger partial charge in [0.25, 0.3) is 0 Å².